The van der Waals surface area contributed by atoms with Crippen molar-refractivity contribution in [2.75, 3.05) is 26.2 Å². The van der Waals surface area contributed by atoms with Crippen molar-refractivity contribution >= 4 is 18.3 Å². The number of hydrogen-bond acceptors (Lipinski definition) is 2. The molecule has 1 aromatic carbocycles. The summed E-state index contributed by atoms with van der Waals surface area (Å²) in [6.45, 7) is 5.74. The zero-order chi connectivity index (χ0) is 12.8. The van der Waals surface area contributed by atoms with Gasteiger partial charge in [0, 0.05) is 19.6 Å². The summed E-state index contributed by atoms with van der Waals surface area (Å²) in [7, 11) is 0. The molecule has 4 heteroatoms. The molecule has 1 amide bonds. The fraction of sp³-hybridized carbons (Fsp3) is 0.533. The van der Waals surface area contributed by atoms with E-state index in [4.69, 9.17) is 0 Å². The first-order valence-electron chi connectivity index (χ1n) is 6.87. The highest BCUT2D eigenvalue weighted by molar-refractivity contribution is 5.85. The van der Waals surface area contributed by atoms with E-state index >= 15 is 0 Å². The lowest BCUT2D eigenvalue weighted by Gasteiger charge is -2.25. The molecule has 2 rings (SSSR count). The Morgan fingerprint density at radius 2 is 2.00 bits per heavy atom. The molecular formula is C15H23ClN2O. The van der Waals surface area contributed by atoms with Crippen molar-refractivity contribution in [3.05, 3.63) is 35.9 Å². The van der Waals surface area contributed by atoms with Gasteiger partial charge in [0.05, 0.1) is 5.92 Å². The van der Waals surface area contributed by atoms with Crippen molar-refractivity contribution < 1.29 is 4.79 Å². The SMILES string of the molecule is CCC(C(=O)N1CCCNCC1)c1ccccc1.Cl. The van der Waals surface area contributed by atoms with Crippen molar-refractivity contribution in [2.45, 2.75) is 25.7 Å². The molecule has 1 aliphatic heterocycles. The Morgan fingerprint density at radius 3 is 2.68 bits per heavy atom. The maximum Gasteiger partial charge on any atom is 0.230 e. The van der Waals surface area contributed by atoms with Gasteiger partial charge in [-0.2, -0.15) is 0 Å². The molecule has 1 fully saturated rings. The Hall–Kier alpha value is -1.06. The van der Waals surface area contributed by atoms with E-state index < -0.39 is 0 Å². The van der Waals surface area contributed by atoms with Gasteiger partial charge in [0.15, 0.2) is 0 Å². The minimum atomic E-state index is 0. The van der Waals surface area contributed by atoms with Crippen molar-refractivity contribution in [3.63, 3.8) is 0 Å². The molecule has 1 aromatic rings. The van der Waals surface area contributed by atoms with Gasteiger partial charge < -0.3 is 10.2 Å². The Bertz CT molecular complexity index is 375. The van der Waals surface area contributed by atoms with Crippen LogP contribution < -0.4 is 5.32 Å². The molecule has 3 nitrogen and oxygen atoms in total. The second-order valence-corrected chi connectivity index (χ2v) is 4.80. The molecule has 0 radical (unpaired) electrons. The summed E-state index contributed by atoms with van der Waals surface area (Å²) in [5.41, 5.74) is 1.14. The molecule has 1 heterocycles. The number of nitrogens with one attached hydrogen (secondary N) is 1. The van der Waals surface area contributed by atoms with Gasteiger partial charge >= 0.3 is 0 Å². The van der Waals surface area contributed by atoms with Crippen LogP contribution in [0.4, 0.5) is 0 Å². The van der Waals surface area contributed by atoms with Gasteiger partial charge in [0.2, 0.25) is 5.91 Å². The number of nitrogens with zero attached hydrogens (tertiary/aromatic N) is 1. The number of carbonyl (C=O) groups excluding carboxylic acids is 1. The first kappa shape index (κ1) is 16.0. The van der Waals surface area contributed by atoms with E-state index in [-0.39, 0.29) is 24.2 Å². The molecule has 19 heavy (non-hydrogen) atoms. The van der Waals surface area contributed by atoms with Gasteiger partial charge in [-0.25, -0.2) is 0 Å². The topological polar surface area (TPSA) is 32.3 Å². The van der Waals surface area contributed by atoms with Crippen LogP contribution in [0.15, 0.2) is 30.3 Å². The van der Waals surface area contributed by atoms with E-state index in [1.165, 1.54) is 0 Å². The van der Waals surface area contributed by atoms with Crippen LogP contribution in [-0.4, -0.2) is 37.0 Å². The fourth-order valence-electron chi connectivity index (χ4n) is 2.52. The number of hydrogen-bond donors (Lipinski definition) is 1. The second kappa shape index (κ2) is 8.18. The summed E-state index contributed by atoms with van der Waals surface area (Å²) in [5, 5.41) is 3.33. The highest BCUT2D eigenvalue weighted by atomic mass is 35.5. The molecule has 0 spiro atoms. The van der Waals surface area contributed by atoms with Gasteiger partial charge in [-0.1, -0.05) is 37.3 Å². The maximum atomic E-state index is 12.6. The lowest BCUT2D eigenvalue weighted by molar-refractivity contribution is -0.132. The van der Waals surface area contributed by atoms with Crippen molar-refractivity contribution in [1.82, 2.24) is 10.2 Å². The Labute approximate surface area is 121 Å². The van der Waals surface area contributed by atoms with E-state index in [1.54, 1.807) is 0 Å². The monoisotopic (exact) mass is 282 g/mol. The van der Waals surface area contributed by atoms with E-state index in [2.05, 4.69) is 24.4 Å². The third-order valence-electron chi connectivity index (χ3n) is 3.56. The van der Waals surface area contributed by atoms with Gasteiger partial charge in [0.1, 0.15) is 0 Å². The van der Waals surface area contributed by atoms with E-state index in [1.807, 2.05) is 23.1 Å². The lowest BCUT2D eigenvalue weighted by atomic mass is 9.95. The highest BCUT2D eigenvalue weighted by Gasteiger charge is 2.24. The molecule has 0 aromatic heterocycles. The van der Waals surface area contributed by atoms with Gasteiger partial charge in [-0.15, -0.1) is 12.4 Å². The first-order chi connectivity index (χ1) is 8.83. The largest absolute Gasteiger partial charge is 0.341 e. The lowest BCUT2D eigenvalue weighted by Crippen LogP contribution is -2.37. The van der Waals surface area contributed by atoms with Crippen LogP contribution >= 0.6 is 12.4 Å². The first-order valence-corrected chi connectivity index (χ1v) is 6.87. The molecule has 1 N–H and O–H groups in total. The summed E-state index contributed by atoms with van der Waals surface area (Å²) >= 11 is 0. The Balaban J connectivity index is 0.00000180. The predicted molar refractivity (Wildman–Crippen MR) is 80.8 cm³/mol. The van der Waals surface area contributed by atoms with Crippen LogP contribution in [0.1, 0.15) is 31.2 Å². The van der Waals surface area contributed by atoms with Crippen molar-refractivity contribution in [2.24, 2.45) is 0 Å². The maximum absolute atomic E-state index is 12.6. The van der Waals surface area contributed by atoms with E-state index in [0.717, 1.165) is 44.6 Å². The normalized spacial score (nSPS) is 17.2. The Morgan fingerprint density at radius 1 is 1.26 bits per heavy atom. The third-order valence-corrected chi connectivity index (χ3v) is 3.56. The summed E-state index contributed by atoms with van der Waals surface area (Å²) in [5.74, 6) is 0.302. The summed E-state index contributed by atoms with van der Waals surface area (Å²) in [4.78, 5) is 14.6. The number of halogens is 1. The smallest absolute Gasteiger partial charge is 0.230 e. The summed E-state index contributed by atoms with van der Waals surface area (Å²) in [6.07, 6.45) is 1.92. The quantitative estimate of drug-likeness (QED) is 0.923. The predicted octanol–water partition coefficient (Wildman–Crippen LogP) is 2.42. The third kappa shape index (κ3) is 4.22. The average molecular weight is 283 g/mol. The van der Waals surface area contributed by atoms with Crippen LogP contribution in [0.3, 0.4) is 0 Å². The average Bonchev–Trinajstić information content (AvgIpc) is 2.69. The van der Waals surface area contributed by atoms with Crippen molar-refractivity contribution in [3.8, 4) is 0 Å². The fourth-order valence-corrected chi connectivity index (χ4v) is 2.52. The van der Waals surface area contributed by atoms with Crippen molar-refractivity contribution in [1.29, 1.82) is 0 Å². The number of benzene rings is 1. The summed E-state index contributed by atoms with van der Waals surface area (Å²) in [6, 6.07) is 10.1. The van der Waals surface area contributed by atoms with E-state index in [9.17, 15) is 4.79 Å². The van der Waals surface area contributed by atoms with E-state index in [0.29, 0.717) is 0 Å². The molecule has 0 aliphatic carbocycles. The molecule has 0 saturated carbocycles. The highest BCUT2D eigenvalue weighted by Crippen LogP contribution is 2.22. The zero-order valence-electron chi connectivity index (χ0n) is 11.5. The minimum Gasteiger partial charge on any atom is -0.341 e. The Kier molecular flexibility index (Phi) is 6.89. The van der Waals surface area contributed by atoms with Gasteiger partial charge in [-0.3, -0.25) is 4.79 Å². The second-order valence-electron chi connectivity index (χ2n) is 4.80. The molecule has 1 atom stereocenters. The minimum absolute atomic E-state index is 0. The number of amides is 1. The van der Waals surface area contributed by atoms with Crippen LogP contribution in [0.2, 0.25) is 0 Å². The van der Waals surface area contributed by atoms with Gasteiger partial charge in [-0.05, 0) is 24.9 Å². The number of carbonyl (C=O) groups is 1. The standard InChI is InChI=1S/C15H22N2O.ClH/c1-2-14(13-7-4-3-5-8-13)15(18)17-11-6-9-16-10-12-17;/h3-5,7-8,14,16H,2,6,9-12H2,1H3;1H. The molecular weight excluding hydrogens is 260 g/mol. The van der Waals surface area contributed by atoms with Crippen LogP contribution in [0, 0.1) is 0 Å². The molecule has 0 bridgehead atoms. The van der Waals surface area contributed by atoms with Crippen LogP contribution in [0.5, 0.6) is 0 Å². The molecule has 106 valence electrons. The molecule has 1 aliphatic rings. The molecule has 1 unspecified atom stereocenters. The van der Waals surface area contributed by atoms with Gasteiger partial charge in [0.25, 0.3) is 0 Å². The van der Waals surface area contributed by atoms with Crippen LogP contribution in [0.25, 0.3) is 0 Å². The summed E-state index contributed by atoms with van der Waals surface area (Å²) < 4.78 is 0. The number of rotatable bonds is 3. The zero-order valence-corrected chi connectivity index (χ0v) is 12.3. The van der Waals surface area contributed by atoms with Crippen LogP contribution in [-0.2, 0) is 4.79 Å². The molecule has 1 saturated heterocycles.